The summed E-state index contributed by atoms with van der Waals surface area (Å²) in [6.45, 7) is 2.34. The first-order valence-corrected chi connectivity index (χ1v) is 12.5. The number of hydrogen-bond acceptors (Lipinski definition) is 5. The number of benzene rings is 3. The highest BCUT2D eigenvalue weighted by atomic mass is 79.9. The third kappa shape index (κ3) is 6.41. The van der Waals surface area contributed by atoms with Crippen LogP contribution >= 0.6 is 15.9 Å². The van der Waals surface area contributed by atoms with Gasteiger partial charge in [-0.2, -0.15) is 8.42 Å². The molecule has 168 valence electrons. The molecule has 0 aliphatic carbocycles. The molecule has 0 fully saturated rings. The summed E-state index contributed by atoms with van der Waals surface area (Å²) in [5, 5.41) is 10.8. The quantitative estimate of drug-likeness (QED) is 0.339. The maximum absolute atomic E-state index is 12.4. The number of nitrogens with zero attached hydrogens (tertiary/aromatic N) is 1. The van der Waals surface area contributed by atoms with Gasteiger partial charge in [-0.15, -0.1) is 0 Å². The van der Waals surface area contributed by atoms with Crippen molar-refractivity contribution in [2.75, 3.05) is 11.9 Å². The summed E-state index contributed by atoms with van der Waals surface area (Å²) >= 11 is 3.19. The number of amides is 1. The van der Waals surface area contributed by atoms with Crippen LogP contribution in [-0.2, 0) is 21.5 Å². The van der Waals surface area contributed by atoms with E-state index in [1.54, 1.807) is 29.2 Å². The summed E-state index contributed by atoms with van der Waals surface area (Å²) in [5.74, 6) is -0.00347. The van der Waals surface area contributed by atoms with Crippen LogP contribution in [0.1, 0.15) is 22.8 Å². The monoisotopic (exact) mass is 517 g/mol. The molecule has 0 saturated heterocycles. The lowest BCUT2D eigenvalue weighted by atomic mass is 10.1. The van der Waals surface area contributed by atoms with Crippen molar-refractivity contribution >= 4 is 32.0 Å². The normalized spacial score (nSPS) is 12.2. The molecule has 0 spiro atoms. The standard InChI is InChI=1S/C24H24BrNO5S/c1-18-7-13-22(14-8-18)32(29,30)31-21-11-9-20(10-12-21)23(27)17-26(24(28)15-25)16-19-5-3-2-4-6-19/h2-14,23,27H,15-17H2,1H3. The molecule has 8 heteroatoms. The summed E-state index contributed by atoms with van der Waals surface area (Å²) in [6.07, 6.45) is -0.940. The number of aliphatic hydroxyl groups excluding tert-OH is 1. The van der Waals surface area contributed by atoms with E-state index in [1.165, 1.54) is 24.3 Å². The van der Waals surface area contributed by atoms with E-state index in [0.717, 1.165) is 11.1 Å². The number of aryl methyl sites for hydroxylation is 1. The first-order valence-electron chi connectivity index (χ1n) is 9.95. The predicted molar refractivity (Wildman–Crippen MR) is 126 cm³/mol. The van der Waals surface area contributed by atoms with E-state index in [1.807, 2.05) is 37.3 Å². The van der Waals surface area contributed by atoms with Crippen molar-refractivity contribution in [2.45, 2.75) is 24.5 Å². The van der Waals surface area contributed by atoms with E-state index < -0.39 is 16.2 Å². The van der Waals surface area contributed by atoms with Crippen molar-refractivity contribution in [3.63, 3.8) is 0 Å². The lowest BCUT2D eigenvalue weighted by Gasteiger charge is -2.25. The molecule has 0 saturated carbocycles. The summed E-state index contributed by atoms with van der Waals surface area (Å²) in [5.41, 5.74) is 2.45. The predicted octanol–water partition coefficient (Wildman–Crippen LogP) is 4.22. The van der Waals surface area contributed by atoms with Crippen LogP contribution in [0.3, 0.4) is 0 Å². The van der Waals surface area contributed by atoms with Crippen LogP contribution < -0.4 is 4.18 Å². The van der Waals surface area contributed by atoms with Crippen LogP contribution in [0, 0.1) is 6.92 Å². The summed E-state index contributed by atoms with van der Waals surface area (Å²) < 4.78 is 30.1. The molecule has 3 rings (SSSR count). The number of rotatable bonds is 9. The zero-order valence-corrected chi connectivity index (χ0v) is 19.9. The fraction of sp³-hybridized carbons (Fsp3) is 0.208. The molecule has 0 aliphatic heterocycles. The number of carbonyl (C=O) groups is 1. The second kappa shape index (κ2) is 10.8. The molecule has 0 bridgehead atoms. The first-order chi connectivity index (χ1) is 15.3. The Morgan fingerprint density at radius 3 is 2.22 bits per heavy atom. The lowest BCUT2D eigenvalue weighted by molar-refractivity contribution is -0.130. The van der Waals surface area contributed by atoms with Gasteiger partial charge in [-0.3, -0.25) is 4.79 Å². The summed E-state index contributed by atoms with van der Waals surface area (Å²) in [4.78, 5) is 14.0. The molecular formula is C24H24BrNO5S. The molecule has 1 amide bonds. The third-order valence-electron chi connectivity index (χ3n) is 4.86. The van der Waals surface area contributed by atoms with Crippen LogP contribution in [0.25, 0.3) is 0 Å². The van der Waals surface area contributed by atoms with Gasteiger partial charge in [0, 0.05) is 6.54 Å². The Morgan fingerprint density at radius 1 is 1.00 bits per heavy atom. The van der Waals surface area contributed by atoms with Crippen molar-refractivity contribution in [1.29, 1.82) is 0 Å². The molecule has 3 aromatic carbocycles. The Morgan fingerprint density at radius 2 is 1.62 bits per heavy atom. The first kappa shape index (κ1) is 24.0. The van der Waals surface area contributed by atoms with Crippen molar-refractivity contribution in [1.82, 2.24) is 4.90 Å². The molecular weight excluding hydrogens is 494 g/mol. The van der Waals surface area contributed by atoms with Gasteiger partial charge in [-0.1, -0.05) is 76.1 Å². The zero-order valence-electron chi connectivity index (χ0n) is 17.5. The van der Waals surface area contributed by atoms with Crippen LogP contribution in [0.4, 0.5) is 0 Å². The van der Waals surface area contributed by atoms with Gasteiger partial charge < -0.3 is 14.2 Å². The Balaban J connectivity index is 1.68. The molecule has 1 atom stereocenters. The largest absolute Gasteiger partial charge is 0.387 e. The number of carbonyl (C=O) groups excluding carboxylic acids is 1. The van der Waals surface area contributed by atoms with Gasteiger partial charge in [-0.25, -0.2) is 0 Å². The van der Waals surface area contributed by atoms with Crippen molar-refractivity contribution < 1.29 is 22.5 Å². The number of hydrogen-bond donors (Lipinski definition) is 1. The van der Waals surface area contributed by atoms with E-state index in [-0.39, 0.29) is 28.4 Å². The SMILES string of the molecule is Cc1ccc(S(=O)(=O)Oc2ccc(C(O)CN(Cc3ccccc3)C(=O)CBr)cc2)cc1. The second-order valence-electron chi connectivity index (χ2n) is 7.33. The highest BCUT2D eigenvalue weighted by Gasteiger charge is 2.20. The second-order valence-corrected chi connectivity index (χ2v) is 9.44. The average Bonchev–Trinajstić information content (AvgIpc) is 2.79. The maximum atomic E-state index is 12.4. The van der Waals surface area contributed by atoms with Crippen LogP contribution in [0.5, 0.6) is 5.75 Å². The highest BCUT2D eigenvalue weighted by molar-refractivity contribution is 9.09. The fourth-order valence-corrected chi connectivity index (χ4v) is 4.37. The summed E-state index contributed by atoms with van der Waals surface area (Å²) in [7, 11) is -3.95. The number of halogens is 1. The van der Waals surface area contributed by atoms with Gasteiger partial charge >= 0.3 is 10.1 Å². The minimum absolute atomic E-state index is 0.0667. The van der Waals surface area contributed by atoms with Gasteiger partial charge in [0.1, 0.15) is 10.6 Å². The van der Waals surface area contributed by atoms with Crippen molar-refractivity contribution in [2.24, 2.45) is 0 Å². The number of alkyl halides is 1. The average molecular weight is 518 g/mol. The Hall–Kier alpha value is -2.68. The zero-order chi connectivity index (χ0) is 23.1. The molecule has 6 nitrogen and oxygen atoms in total. The van der Waals surface area contributed by atoms with E-state index >= 15 is 0 Å². The lowest BCUT2D eigenvalue weighted by Crippen LogP contribution is -2.35. The van der Waals surface area contributed by atoms with Crippen LogP contribution in [0.15, 0.2) is 83.8 Å². The van der Waals surface area contributed by atoms with Crippen molar-refractivity contribution in [3.05, 3.63) is 95.6 Å². The van der Waals surface area contributed by atoms with Gasteiger partial charge in [0.05, 0.1) is 18.0 Å². The third-order valence-corrected chi connectivity index (χ3v) is 6.60. The van der Waals surface area contributed by atoms with Gasteiger partial charge in [0.2, 0.25) is 5.91 Å². The Labute approximate surface area is 196 Å². The Kier molecular flexibility index (Phi) is 8.06. The van der Waals surface area contributed by atoms with E-state index in [2.05, 4.69) is 15.9 Å². The van der Waals surface area contributed by atoms with Gasteiger partial charge in [0.25, 0.3) is 0 Å². The van der Waals surface area contributed by atoms with E-state index in [9.17, 15) is 18.3 Å². The van der Waals surface area contributed by atoms with Gasteiger partial charge in [-0.05, 0) is 42.3 Å². The molecule has 0 radical (unpaired) electrons. The van der Waals surface area contributed by atoms with E-state index in [4.69, 9.17) is 4.18 Å². The smallest absolute Gasteiger partial charge is 0.339 e. The summed E-state index contributed by atoms with van der Waals surface area (Å²) in [6, 6.07) is 22.1. The topological polar surface area (TPSA) is 83.9 Å². The van der Waals surface area contributed by atoms with E-state index in [0.29, 0.717) is 12.1 Å². The number of aliphatic hydroxyl groups is 1. The molecule has 3 aromatic rings. The minimum atomic E-state index is -3.95. The van der Waals surface area contributed by atoms with Crippen LogP contribution in [-0.4, -0.2) is 36.2 Å². The highest BCUT2D eigenvalue weighted by Crippen LogP contribution is 2.23. The maximum Gasteiger partial charge on any atom is 0.339 e. The molecule has 32 heavy (non-hydrogen) atoms. The molecule has 0 aromatic heterocycles. The minimum Gasteiger partial charge on any atom is -0.387 e. The molecule has 0 aliphatic rings. The Bertz CT molecular complexity index is 1130. The van der Waals surface area contributed by atoms with Gasteiger partial charge in [0.15, 0.2) is 0 Å². The van der Waals surface area contributed by atoms with Crippen molar-refractivity contribution in [3.8, 4) is 5.75 Å². The fourth-order valence-electron chi connectivity index (χ4n) is 3.08. The van der Waals surface area contributed by atoms with Crippen LogP contribution in [0.2, 0.25) is 0 Å². The molecule has 1 unspecified atom stereocenters. The molecule has 0 heterocycles. The molecule has 1 N–H and O–H groups in total.